The van der Waals surface area contributed by atoms with Crippen molar-refractivity contribution in [1.82, 2.24) is 24.6 Å². The van der Waals surface area contributed by atoms with Gasteiger partial charge in [-0.2, -0.15) is 0 Å². The Morgan fingerprint density at radius 3 is 2.75 bits per heavy atom. The molecule has 0 aliphatic heterocycles. The molecule has 0 bridgehead atoms. The van der Waals surface area contributed by atoms with Gasteiger partial charge in [-0.25, -0.2) is 9.48 Å². The lowest BCUT2D eigenvalue weighted by Crippen LogP contribution is -2.34. The minimum atomic E-state index is -0.295. The van der Waals surface area contributed by atoms with Crippen molar-refractivity contribution in [3.05, 3.63) is 59.1 Å². The first kappa shape index (κ1) is 19.2. The van der Waals surface area contributed by atoms with Crippen molar-refractivity contribution in [3.8, 4) is 23.0 Å². The van der Waals surface area contributed by atoms with Gasteiger partial charge in [-0.15, -0.1) is 5.10 Å². The normalized spacial score (nSPS) is 10.5. The average molecular weight is 383 g/mol. The zero-order valence-corrected chi connectivity index (χ0v) is 15.7. The molecule has 2 heterocycles. The molecule has 0 atom stereocenters. The third kappa shape index (κ3) is 4.56. The number of hydrogen-bond acceptors (Lipinski definition) is 6. The molecule has 2 aromatic heterocycles. The largest absolute Gasteiger partial charge is 0.497 e. The number of hydrogen-bond donors (Lipinski definition) is 1. The molecule has 0 saturated heterocycles. The topological polar surface area (TPSA) is 100 Å². The van der Waals surface area contributed by atoms with Gasteiger partial charge in [0, 0.05) is 25.9 Å². The molecule has 0 aliphatic carbocycles. The van der Waals surface area contributed by atoms with Gasteiger partial charge in [0.15, 0.2) is 12.4 Å². The van der Waals surface area contributed by atoms with Crippen LogP contribution in [-0.2, 0) is 18.4 Å². The second-order valence-corrected chi connectivity index (χ2v) is 5.92. The summed E-state index contributed by atoms with van der Waals surface area (Å²) in [7, 11) is 3.20. The minimum Gasteiger partial charge on any atom is -0.497 e. The van der Waals surface area contributed by atoms with Crippen LogP contribution < -0.4 is 20.5 Å². The molecule has 3 aromatic rings. The average Bonchev–Trinajstić information content (AvgIpc) is 3.01. The van der Waals surface area contributed by atoms with Crippen LogP contribution in [0.2, 0.25) is 0 Å². The van der Waals surface area contributed by atoms with E-state index in [9.17, 15) is 9.59 Å². The monoisotopic (exact) mass is 383 g/mol. The number of pyridine rings is 1. The van der Waals surface area contributed by atoms with Gasteiger partial charge in [-0.05, 0) is 24.3 Å². The van der Waals surface area contributed by atoms with Crippen molar-refractivity contribution in [2.75, 3.05) is 20.3 Å². The summed E-state index contributed by atoms with van der Waals surface area (Å²) in [5.41, 5.74) is 0.333. The molecule has 9 heteroatoms. The van der Waals surface area contributed by atoms with Crippen LogP contribution in [0, 0.1) is 0 Å². The molecule has 0 radical (unpaired) electrons. The number of methoxy groups -OCH3 is 1. The molecule has 0 aliphatic rings. The highest BCUT2D eigenvalue weighted by Crippen LogP contribution is 2.18. The van der Waals surface area contributed by atoms with Crippen LogP contribution in [0.4, 0.5) is 0 Å². The van der Waals surface area contributed by atoms with Gasteiger partial charge < -0.3 is 14.8 Å². The predicted octanol–water partition coefficient (Wildman–Crippen LogP) is 0.848. The maximum absolute atomic E-state index is 12.3. The van der Waals surface area contributed by atoms with Crippen molar-refractivity contribution in [3.63, 3.8) is 0 Å². The Hall–Kier alpha value is -3.62. The molecule has 9 nitrogen and oxygen atoms in total. The second-order valence-electron chi connectivity index (χ2n) is 5.92. The van der Waals surface area contributed by atoms with E-state index >= 15 is 0 Å². The van der Waals surface area contributed by atoms with Crippen LogP contribution in [0.1, 0.15) is 0 Å². The van der Waals surface area contributed by atoms with Crippen LogP contribution in [0.15, 0.2) is 53.5 Å². The maximum atomic E-state index is 12.3. The molecule has 0 fully saturated rings. The van der Waals surface area contributed by atoms with E-state index in [1.807, 2.05) is 6.07 Å². The standard InChI is InChI=1S/C19H21N5O4/c1-23-18(16-8-3-4-9-20-16)22-24(19(23)26)11-10-21-17(25)13-28-15-7-5-6-14(12-15)27-2/h3-9,12H,10-11,13H2,1-2H3,(H,21,25). The Morgan fingerprint density at radius 2 is 2.00 bits per heavy atom. The third-order valence-electron chi connectivity index (χ3n) is 3.99. The van der Waals surface area contributed by atoms with Gasteiger partial charge in [0.1, 0.15) is 17.2 Å². The summed E-state index contributed by atoms with van der Waals surface area (Å²) in [6, 6.07) is 12.4. The second kappa shape index (κ2) is 8.85. The number of rotatable bonds is 8. The summed E-state index contributed by atoms with van der Waals surface area (Å²) in [6.45, 7) is 0.354. The molecule has 0 saturated carbocycles. The molecule has 0 spiro atoms. The predicted molar refractivity (Wildman–Crippen MR) is 102 cm³/mol. The Balaban J connectivity index is 1.52. The van der Waals surface area contributed by atoms with Gasteiger partial charge >= 0.3 is 5.69 Å². The molecule has 0 unspecified atom stereocenters. The van der Waals surface area contributed by atoms with E-state index in [2.05, 4.69) is 15.4 Å². The van der Waals surface area contributed by atoms with Crippen molar-refractivity contribution in [2.24, 2.45) is 7.05 Å². The van der Waals surface area contributed by atoms with Crippen molar-refractivity contribution in [2.45, 2.75) is 6.54 Å². The number of benzene rings is 1. The lowest BCUT2D eigenvalue weighted by molar-refractivity contribution is -0.123. The van der Waals surface area contributed by atoms with Crippen LogP contribution >= 0.6 is 0 Å². The fourth-order valence-corrected chi connectivity index (χ4v) is 2.54. The number of nitrogens with one attached hydrogen (secondary N) is 1. The Morgan fingerprint density at radius 1 is 1.18 bits per heavy atom. The number of ether oxygens (including phenoxy) is 2. The fraction of sp³-hybridized carbons (Fsp3) is 0.263. The Bertz CT molecular complexity index is 997. The van der Waals surface area contributed by atoms with Crippen LogP contribution in [-0.4, -0.2) is 45.5 Å². The Labute approximate surface area is 161 Å². The first-order valence-electron chi connectivity index (χ1n) is 8.67. The molecular formula is C19H21N5O4. The van der Waals surface area contributed by atoms with Gasteiger partial charge in [0.2, 0.25) is 0 Å². The summed E-state index contributed by atoms with van der Waals surface area (Å²) >= 11 is 0. The number of amides is 1. The zero-order chi connectivity index (χ0) is 19.9. The van der Waals surface area contributed by atoms with E-state index < -0.39 is 0 Å². The van der Waals surface area contributed by atoms with E-state index in [4.69, 9.17) is 9.47 Å². The number of aromatic nitrogens is 4. The fourth-order valence-electron chi connectivity index (χ4n) is 2.54. The first-order valence-corrected chi connectivity index (χ1v) is 8.67. The quantitative estimate of drug-likeness (QED) is 0.619. The highest BCUT2D eigenvalue weighted by molar-refractivity contribution is 5.77. The number of nitrogens with zero attached hydrogens (tertiary/aromatic N) is 4. The molecule has 1 amide bonds. The smallest absolute Gasteiger partial charge is 0.346 e. The summed E-state index contributed by atoms with van der Waals surface area (Å²) in [6.07, 6.45) is 1.64. The number of carbonyl (C=O) groups is 1. The van der Waals surface area contributed by atoms with E-state index in [-0.39, 0.29) is 31.3 Å². The molecular weight excluding hydrogens is 362 g/mol. The third-order valence-corrected chi connectivity index (χ3v) is 3.99. The minimum absolute atomic E-state index is 0.135. The van der Waals surface area contributed by atoms with E-state index in [0.717, 1.165) is 0 Å². The van der Waals surface area contributed by atoms with Crippen molar-refractivity contribution < 1.29 is 14.3 Å². The maximum Gasteiger partial charge on any atom is 0.346 e. The van der Waals surface area contributed by atoms with E-state index in [0.29, 0.717) is 23.0 Å². The lowest BCUT2D eigenvalue weighted by Gasteiger charge is -2.08. The summed E-state index contributed by atoms with van der Waals surface area (Å²) < 4.78 is 13.3. The van der Waals surface area contributed by atoms with Crippen molar-refractivity contribution >= 4 is 5.91 Å². The van der Waals surface area contributed by atoms with Crippen LogP contribution in [0.3, 0.4) is 0 Å². The molecule has 146 valence electrons. The van der Waals surface area contributed by atoms with Crippen molar-refractivity contribution in [1.29, 1.82) is 0 Å². The highest BCUT2D eigenvalue weighted by Gasteiger charge is 2.13. The summed E-state index contributed by atoms with van der Waals surface area (Å²) in [5, 5.41) is 7.00. The molecule has 28 heavy (non-hydrogen) atoms. The van der Waals surface area contributed by atoms with Gasteiger partial charge in [-0.1, -0.05) is 12.1 Å². The molecule has 1 N–H and O–H groups in total. The van der Waals surface area contributed by atoms with E-state index in [1.165, 1.54) is 9.25 Å². The Kier molecular flexibility index (Phi) is 6.05. The molecule has 3 rings (SSSR count). The number of carbonyl (C=O) groups excluding carboxylic acids is 1. The summed E-state index contributed by atoms with van der Waals surface area (Å²) in [4.78, 5) is 28.5. The lowest BCUT2D eigenvalue weighted by atomic mass is 10.3. The van der Waals surface area contributed by atoms with Crippen LogP contribution in [0.5, 0.6) is 11.5 Å². The van der Waals surface area contributed by atoms with Gasteiger partial charge in [0.25, 0.3) is 5.91 Å². The van der Waals surface area contributed by atoms with Crippen LogP contribution in [0.25, 0.3) is 11.5 Å². The van der Waals surface area contributed by atoms with Gasteiger partial charge in [-0.3, -0.25) is 14.3 Å². The zero-order valence-electron chi connectivity index (χ0n) is 15.7. The van der Waals surface area contributed by atoms with Gasteiger partial charge in [0.05, 0.1) is 13.7 Å². The molecule has 1 aromatic carbocycles. The highest BCUT2D eigenvalue weighted by atomic mass is 16.5. The SMILES string of the molecule is COc1cccc(OCC(=O)NCCn2nc(-c3ccccn3)n(C)c2=O)c1. The van der Waals surface area contributed by atoms with E-state index in [1.54, 1.807) is 56.8 Å². The first-order chi connectivity index (χ1) is 13.6. The summed E-state index contributed by atoms with van der Waals surface area (Å²) in [5.74, 6) is 1.36.